The molecule has 0 spiro atoms. The first-order valence-corrected chi connectivity index (χ1v) is 6.92. The first-order chi connectivity index (χ1) is 9.56. The third-order valence-electron chi connectivity index (χ3n) is 2.34. The summed E-state index contributed by atoms with van der Waals surface area (Å²) in [6.45, 7) is 10.7. The van der Waals surface area contributed by atoms with Crippen LogP contribution >= 0.6 is 0 Å². The maximum absolute atomic E-state index is 11.7. The van der Waals surface area contributed by atoms with Crippen molar-refractivity contribution in [3.8, 4) is 11.8 Å². The number of rotatable bonds is 4. The van der Waals surface area contributed by atoms with Crippen molar-refractivity contribution in [2.24, 2.45) is 5.92 Å². The molecule has 1 unspecified atom stereocenters. The molecule has 0 saturated heterocycles. The fourth-order valence-corrected chi connectivity index (χ4v) is 1.44. The lowest BCUT2D eigenvalue weighted by molar-refractivity contribution is -0.136. The van der Waals surface area contributed by atoms with Crippen molar-refractivity contribution in [3.05, 3.63) is 0 Å². The van der Waals surface area contributed by atoms with Gasteiger partial charge in [-0.15, -0.1) is 0 Å². The van der Waals surface area contributed by atoms with Crippen LogP contribution in [0.4, 0.5) is 4.79 Å². The number of hydrogen-bond donors (Lipinski definition) is 2. The summed E-state index contributed by atoms with van der Waals surface area (Å²) in [5.41, 5.74) is -0.632. The zero-order valence-electron chi connectivity index (χ0n) is 13.5. The van der Waals surface area contributed by atoms with E-state index in [9.17, 15) is 14.7 Å². The fraction of sp³-hybridized carbons (Fsp3) is 0.733. The van der Waals surface area contributed by atoms with Crippen molar-refractivity contribution >= 4 is 12.1 Å². The number of nitrogens with one attached hydrogen (secondary N) is 1. The number of aliphatic hydroxyl groups excluding tert-OH is 1. The highest BCUT2D eigenvalue weighted by atomic mass is 16.6. The largest absolute Gasteiger partial charge is 0.456 e. The number of alkyl carbamates (subject to hydrolysis) is 1. The molecule has 0 aliphatic rings. The van der Waals surface area contributed by atoms with Crippen molar-refractivity contribution in [2.75, 3.05) is 6.61 Å². The Kier molecular flexibility index (Phi) is 7.82. The average molecular weight is 299 g/mol. The summed E-state index contributed by atoms with van der Waals surface area (Å²) >= 11 is 0. The lowest BCUT2D eigenvalue weighted by atomic mass is 9.99. The van der Waals surface area contributed by atoms with E-state index in [1.54, 1.807) is 27.7 Å². The smallest absolute Gasteiger partial charge is 0.408 e. The zero-order chi connectivity index (χ0) is 16.6. The highest BCUT2D eigenvalue weighted by molar-refractivity contribution is 5.88. The van der Waals surface area contributed by atoms with E-state index in [0.717, 1.165) is 0 Å². The van der Waals surface area contributed by atoms with Gasteiger partial charge in [-0.2, -0.15) is 0 Å². The van der Waals surface area contributed by atoms with Crippen LogP contribution in [0.5, 0.6) is 0 Å². The molecule has 0 heterocycles. The van der Waals surface area contributed by atoms with E-state index in [0.29, 0.717) is 0 Å². The third kappa shape index (κ3) is 8.92. The van der Waals surface area contributed by atoms with Gasteiger partial charge in [0, 0.05) is 5.92 Å². The van der Waals surface area contributed by atoms with Crippen molar-refractivity contribution in [2.45, 2.75) is 59.3 Å². The minimum absolute atomic E-state index is 0.0935. The highest BCUT2D eigenvalue weighted by Crippen LogP contribution is 2.10. The molecule has 6 heteroatoms. The molecule has 0 bridgehead atoms. The minimum atomic E-state index is -1.19. The second kappa shape index (κ2) is 8.53. The Labute approximate surface area is 126 Å². The summed E-state index contributed by atoms with van der Waals surface area (Å²) in [5, 5.41) is 12.6. The SMILES string of the molecule is CCOC(=O)C#CC(O)[C@@H](NC(=O)OC(C)(C)C)C(C)C. The summed E-state index contributed by atoms with van der Waals surface area (Å²) in [4.78, 5) is 22.9. The molecule has 21 heavy (non-hydrogen) atoms. The predicted molar refractivity (Wildman–Crippen MR) is 78.4 cm³/mol. The monoisotopic (exact) mass is 299 g/mol. The number of ether oxygens (including phenoxy) is 2. The zero-order valence-corrected chi connectivity index (χ0v) is 13.5. The second-order valence-electron chi connectivity index (χ2n) is 5.85. The molecule has 0 fully saturated rings. The van der Waals surface area contributed by atoms with E-state index in [2.05, 4.69) is 21.9 Å². The van der Waals surface area contributed by atoms with Crippen LogP contribution < -0.4 is 5.32 Å². The van der Waals surface area contributed by atoms with Crippen LogP contribution in [0.15, 0.2) is 0 Å². The van der Waals surface area contributed by atoms with Gasteiger partial charge in [-0.25, -0.2) is 9.59 Å². The summed E-state index contributed by atoms with van der Waals surface area (Å²) < 4.78 is 9.78. The number of hydrogen-bond acceptors (Lipinski definition) is 5. The Morgan fingerprint density at radius 1 is 1.29 bits per heavy atom. The van der Waals surface area contributed by atoms with Gasteiger partial charge in [0.15, 0.2) is 0 Å². The Hall–Kier alpha value is -1.74. The Balaban J connectivity index is 4.75. The van der Waals surface area contributed by atoms with Gasteiger partial charge in [-0.05, 0) is 33.6 Å². The molecule has 0 rings (SSSR count). The fourth-order valence-electron chi connectivity index (χ4n) is 1.44. The lowest BCUT2D eigenvalue weighted by Gasteiger charge is -2.27. The summed E-state index contributed by atoms with van der Waals surface area (Å²) in [6, 6.07) is -0.651. The van der Waals surface area contributed by atoms with E-state index in [-0.39, 0.29) is 12.5 Å². The Bertz CT molecular complexity index is 414. The molecule has 2 atom stereocenters. The summed E-state index contributed by atoms with van der Waals surface area (Å²) in [7, 11) is 0. The standard InChI is InChI=1S/C15H25NO5/c1-7-20-12(18)9-8-11(17)13(10(2)3)16-14(19)21-15(4,5)6/h10-11,13,17H,7H2,1-6H3,(H,16,19)/t11?,13-/m0/s1. The number of carbonyl (C=O) groups is 2. The van der Waals surface area contributed by atoms with E-state index < -0.39 is 29.8 Å². The van der Waals surface area contributed by atoms with E-state index in [1.807, 2.05) is 13.8 Å². The van der Waals surface area contributed by atoms with Gasteiger partial charge in [-0.1, -0.05) is 19.8 Å². The van der Waals surface area contributed by atoms with Crippen molar-refractivity contribution < 1.29 is 24.2 Å². The van der Waals surface area contributed by atoms with Crippen LogP contribution in [0.2, 0.25) is 0 Å². The van der Waals surface area contributed by atoms with Crippen LogP contribution in [0.1, 0.15) is 41.5 Å². The quantitative estimate of drug-likeness (QED) is 0.466. The van der Waals surface area contributed by atoms with Gasteiger partial charge in [0.05, 0.1) is 12.6 Å². The predicted octanol–water partition coefficient (Wildman–Crippen LogP) is 1.46. The molecule has 1 amide bonds. The molecule has 0 radical (unpaired) electrons. The summed E-state index contributed by atoms with van der Waals surface area (Å²) in [6.07, 6.45) is -1.83. The van der Waals surface area contributed by atoms with E-state index in [1.165, 1.54) is 0 Å². The number of carbonyl (C=O) groups excluding carboxylic acids is 2. The Morgan fingerprint density at radius 3 is 2.29 bits per heavy atom. The Morgan fingerprint density at radius 2 is 1.86 bits per heavy atom. The number of amides is 1. The molecular formula is C15H25NO5. The normalized spacial score (nSPS) is 13.7. The van der Waals surface area contributed by atoms with Gasteiger partial charge >= 0.3 is 12.1 Å². The molecule has 0 aromatic carbocycles. The third-order valence-corrected chi connectivity index (χ3v) is 2.34. The maximum Gasteiger partial charge on any atom is 0.408 e. The highest BCUT2D eigenvalue weighted by Gasteiger charge is 2.26. The number of esters is 1. The maximum atomic E-state index is 11.7. The molecule has 2 N–H and O–H groups in total. The van der Waals surface area contributed by atoms with Crippen molar-refractivity contribution in [1.82, 2.24) is 5.32 Å². The molecular weight excluding hydrogens is 274 g/mol. The van der Waals surface area contributed by atoms with Gasteiger partial charge in [0.25, 0.3) is 0 Å². The molecule has 0 aromatic heterocycles. The van der Waals surface area contributed by atoms with Gasteiger partial charge < -0.3 is 19.9 Å². The van der Waals surface area contributed by atoms with E-state index >= 15 is 0 Å². The van der Waals surface area contributed by atoms with Crippen LogP contribution in [0.3, 0.4) is 0 Å². The molecule has 0 saturated carbocycles. The number of aliphatic hydroxyl groups is 1. The molecule has 0 aliphatic carbocycles. The van der Waals surface area contributed by atoms with Crippen molar-refractivity contribution in [1.29, 1.82) is 0 Å². The van der Waals surface area contributed by atoms with Crippen LogP contribution in [0.25, 0.3) is 0 Å². The first-order valence-electron chi connectivity index (χ1n) is 6.92. The van der Waals surface area contributed by atoms with Crippen LogP contribution in [-0.4, -0.2) is 41.5 Å². The van der Waals surface area contributed by atoms with Gasteiger partial charge in [0.2, 0.25) is 0 Å². The molecule has 0 aromatic rings. The average Bonchev–Trinajstić information content (AvgIpc) is 2.31. The lowest BCUT2D eigenvalue weighted by Crippen LogP contribution is -2.48. The molecule has 6 nitrogen and oxygen atoms in total. The van der Waals surface area contributed by atoms with Crippen molar-refractivity contribution in [3.63, 3.8) is 0 Å². The minimum Gasteiger partial charge on any atom is -0.456 e. The van der Waals surface area contributed by atoms with Gasteiger partial charge in [0.1, 0.15) is 11.7 Å². The van der Waals surface area contributed by atoms with Crippen LogP contribution in [0, 0.1) is 17.8 Å². The van der Waals surface area contributed by atoms with Crippen LogP contribution in [-0.2, 0) is 14.3 Å². The first kappa shape index (κ1) is 19.3. The van der Waals surface area contributed by atoms with Gasteiger partial charge in [-0.3, -0.25) is 0 Å². The topological polar surface area (TPSA) is 84.9 Å². The second-order valence-corrected chi connectivity index (χ2v) is 5.85. The molecule has 120 valence electrons. The summed E-state index contributed by atoms with van der Waals surface area (Å²) in [5.74, 6) is 3.76. The van der Waals surface area contributed by atoms with E-state index in [4.69, 9.17) is 4.74 Å². The molecule has 0 aliphatic heterocycles.